The second-order valence-electron chi connectivity index (χ2n) is 10.2. The summed E-state index contributed by atoms with van der Waals surface area (Å²) in [6.07, 6.45) is 1.33. The van der Waals surface area contributed by atoms with E-state index in [9.17, 15) is 30.1 Å². The minimum Gasteiger partial charge on any atom is -0.465 e. The number of pyridine rings is 1. The van der Waals surface area contributed by atoms with Gasteiger partial charge in [-0.15, -0.1) is 0 Å². The molecule has 1 aromatic heterocycles. The van der Waals surface area contributed by atoms with Crippen LogP contribution in [-0.2, 0) is 12.1 Å². The minimum atomic E-state index is -0.982. The third-order valence-corrected chi connectivity index (χ3v) is 6.81. The highest BCUT2D eigenvalue weighted by atomic mass is 16.6. The van der Waals surface area contributed by atoms with Gasteiger partial charge in [-0.3, -0.25) is 25.1 Å². The van der Waals surface area contributed by atoms with Gasteiger partial charge in [-0.05, 0) is 51.2 Å². The van der Waals surface area contributed by atoms with Crippen molar-refractivity contribution in [1.29, 1.82) is 0 Å². The Kier molecular flexibility index (Phi) is 6.68. The van der Waals surface area contributed by atoms with Crippen molar-refractivity contribution in [2.45, 2.75) is 57.7 Å². The van der Waals surface area contributed by atoms with Crippen molar-refractivity contribution in [2.24, 2.45) is 0 Å². The van der Waals surface area contributed by atoms with E-state index >= 15 is 0 Å². The van der Waals surface area contributed by atoms with Gasteiger partial charge in [0, 0.05) is 27.7 Å². The molecular weight excluding hydrogens is 476 g/mol. The van der Waals surface area contributed by atoms with Crippen molar-refractivity contribution in [2.75, 3.05) is 0 Å². The van der Waals surface area contributed by atoms with Crippen LogP contribution in [0.4, 0.5) is 10.5 Å². The average Bonchev–Trinajstić information content (AvgIpc) is 2.80. The highest BCUT2D eigenvalue weighted by Crippen LogP contribution is 2.50. The molecule has 1 N–H and O–H groups in total. The molecule has 4 rings (SSSR count). The van der Waals surface area contributed by atoms with Gasteiger partial charge in [0.25, 0.3) is 12.2 Å². The Hall–Kier alpha value is -4.34. The van der Waals surface area contributed by atoms with Crippen LogP contribution in [0.15, 0.2) is 60.7 Å². The number of benzene rings is 2. The summed E-state index contributed by atoms with van der Waals surface area (Å²) in [6.45, 7) is 4.84. The first-order valence-electron chi connectivity index (χ1n) is 11.9. The van der Waals surface area contributed by atoms with Crippen LogP contribution in [0.5, 0.6) is 0 Å². The van der Waals surface area contributed by atoms with Crippen LogP contribution in [0.2, 0.25) is 0 Å². The molecule has 0 saturated heterocycles. The first-order chi connectivity index (χ1) is 17.4. The van der Waals surface area contributed by atoms with Gasteiger partial charge in [-0.2, -0.15) is 0 Å². The maximum Gasteiger partial charge on any atom is 0.408 e. The van der Waals surface area contributed by atoms with Crippen molar-refractivity contribution in [3.05, 3.63) is 92.1 Å². The minimum absolute atomic E-state index is 0.228. The first kappa shape index (κ1) is 25.7. The summed E-state index contributed by atoms with van der Waals surface area (Å²) in [7, 11) is 0. The van der Waals surface area contributed by atoms with Crippen molar-refractivity contribution in [3.63, 3.8) is 0 Å². The molecular formula is C27H28N4O6. The van der Waals surface area contributed by atoms with Crippen LogP contribution < -0.4 is 0 Å². The van der Waals surface area contributed by atoms with Gasteiger partial charge in [0.15, 0.2) is 5.69 Å². The lowest BCUT2D eigenvalue weighted by atomic mass is 9.69. The number of nitro groups is 2. The third-order valence-electron chi connectivity index (χ3n) is 6.81. The number of hydrogen-bond donors (Lipinski definition) is 1. The first-order valence-corrected chi connectivity index (χ1v) is 11.9. The molecule has 1 aliphatic rings. The molecule has 3 aromatic rings. The Labute approximate surface area is 213 Å². The van der Waals surface area contributed by atoms with Gasteiger partial charge in [-0.1, -0.05) is 54.6 Å². The second-order valence-corrected chi connectivity index (χ2v) is 10.2. The van der Waals surface area contributed by atoms with Crippen molar-refractivity contribution < 1.29 is 19.7 Å². The molecule has 10 heteroatoms. The van der Waals surface area contributed by atoms with E-state index in [0.29, 0.717) is 35.2 Å². The van der Waals surface area contributed by atoms with Gasteiger partial charge in [0.1, 0.15) is 0 Å². The summed E-state index contributed by atoms with van der Waals surface area (Å²) < 4.78 is 0. The molecule has 0 radical (unpaired) electrons. The van der Waals surface area contributed by atoms with Crippen LogP contribution in [0.3, 0.4) is 0 Å². The maximum atomic E-state index is 12.3. The number of aromatic nitrogens is 1. The smallest absolute Gasteiger partial charge is 0.408 e. The third kappa shape index (κ3) is 4.87. The van der Waals surface area contributed by atoms with Gasteiger partial charge < -0.3 is 5.11 Å². The fourth-order valence-electron chi connectivity index (χ4n) is 5.20. The average molecular weight is 505 g/mol. The van der Waals surface area contributed by atoms with E-state index < -0.39 is 39.2 Å². The van der Waals surface area contributed by atoms with Gasteiger partial charge in [-0.25, -0.2) is 9.78 Å². The second kappa shape index (κ2) is 9.61. The summed E-state index contributed by atoms with van der Waals surface area (Å²) in [6, 6.07) is 17.7. The molecule has 0 bridgehead atoms. The number of rotatable bonds is 7. The van der Waals surface area contributed by atoms with E-state index in [1.54, 1.807) is 36.4 Å². The molecule has 1 aliphatic carbocycles. The fourth-order valence-corrected chi connectivity index (χ4v) is 5.20. The highest BCUT2D eigenvalue weighted by molar-refractivity contribution is 5.83. The summed E-state index contributed by atoms with van der Waals surface area (Å²) in [5.74, 6) is 0. The predicted octanol–water partition coefficient (Wildman–Crippen LogP) is 6.26. The maximum absolute atomic E-state index is 12.3. The van der Waals surface area contributed by atoms with Crippen LogP contribution in [-0.4, -0.2) is 36.5 Å². The standard InChI is InChI=1S/C27H28N4O6/c1-26(2,3)30(25(32)33)27(14-7-15-27)20-12-10-19(11-13-20)24-21(18-8-5-4-6-9-18)16-23(31(36)37)22(28-24)17-29(34)35/h4-6,8-13,16H,7,14-15,17H2,1-3H3,(H,32,33). The summed E-state index contributed by atoms with van der Waals surface area (Å²) in [5, 5.41) is 33.0. The topological polar surface area (TPSA) is 140 Å². The Bertz CT molecular complexity index is 1350. The Balaban J connectivity index is 1.86. The van der Waals surface area contributed by atoms with Crippen LogP contribution in [0.25, 0.3) is 22.4 Å². The number of nitrogens with zero attached hydrogens (tertiary/aromatic N) is 4. The fraction of sp³-hybridized carbons (Fsp3) is 0.333. The van der Waals surface area contributed by atoms with E-state index in [-0.39, 0.29) is 5.69 Å². The quantitative estimate of drug-likeness (QED) is 0.296. The van der Waals surface area contributed by atoms with E-state index in [4.69, 9.17) is 0 Å². The van der Waals surface area contributed by atoms with Crippen molar-refractivity contribution in [1.82, 2.24) is 9.88 Å². The number of amides is 1. The lowest BCUT2D eigenvalue weighted by molar-refractivity contribution is -0.499. The number of hydrogen-bond acceptors (Lipinski definition) is 6. The summed E-state index contributed by atoms with van der Waals surface area (Å²) in [5.41, 5.74) is 1.13. The zero-order valence-corrected chi connectivity index (χ0v) is 20.9. The molecule has 2 aromatic carbocycles. The monoisotopic (exact) mass is 504 g/mol. The molecule has 1 fully saturated rings. The summed E-state index contributed by atoms with van der Waals surface area (Å²) in [4.78, 5) is 39.9. The molecule has 1 heterocycles. The largest absolute Gasteiger partial charge is 0.465 e. The van der Waals surface area contributed by atoms with Crippen LogP contribution in [0.1, 0.15) is 51.3 Å². The molecule has 0 spiro atoms. The molecule has 0 atom stereocenters. The van der Waals surface area contributed by atoms with E-state index in [1.807, 2.05) is 39.0 Å². The van der Waals surface area contributed by atoms with E-state index in [0.717, 1.165) is 12.0 Å². The highest BCUT2D eigenvalue weighted by Gasteiger charge is 2.50. The normalized spacial score (nSPS) is 14.5. The SMILES string of the molecule is CC(C)(C)N(C(=O)O)C1(c2ccc(-c3nc(C[N+](=O)[O-])c([N+](=O)[O-])cc3-c3ccccc3)cc2)CCC1. The lowest BCUT2D eigenvalue weighted by Crippen LogP contribution is -2.60. The molecule has 192 valence electrons. The molecule has 10 nitrogen and oxygen atoms in total. The Morgan fingerprint density at radius 3 is 2.11 bits per heavy atom. The Morgan fingerprint density at radius 1 is 1.03 bits per heavy atom. The van der Waals surface area contributed by atoms with Gasteiger partial charge in [0.05, 0.1) is 16.2 Å². The van der Waals surface area contributed by atoms with E-state index in [2.05, 4.69) is 4.98 Å². The molecule has 0 aliphatic heterocycles. The van der Waals surface area contributed by atoms with E-state index in [1.165, 1.54) is 11.0 Å². The zero-order chi connectivity index (χ0) is 27.0. The Morgan fingerprint density at radius 2 is 1.65 bits per heavy atom. The molecule has 1 saturated carbocycles. The lowest BCUT2D eigenvalue weighted by Gasteiger charge is -2.54. The van der Waals surface area contributed by atoms with Crippen LogP contribution >= 0.6 is 0 Å². The van der Waals surface area contributed by atoms with Crippen molar-refractivity contribution >= 4 is 11.8 Å². The molecule has 1 amide bonds. The van der Waals surface area contributed by atoms with Crippen molar-refractivity contribution in [3.8, 4) is 22.4 Å². The molecule has 0 unspecified atom stereocenters. The summed E-state index contributed by atoms with van der Waals surface area (Å²) >= 11 is 0. The zero-order valence-electron chi connectivity index (χ0n) is 20.9. The predicted molar refractivity (Wildman–Crippen MR) is 138 cm³/mol. The number of carbonyl (C=O) groups is 1. The van der Waals surface area contributed by atoms with Gasteiger partial charge in [0.2, 0.25) is 0 Å². The molecule has 37 heavy (non-hydrogen) atoms. The van der Waals surface area contributed by atoms with Crippen LogP contribution in [0, 0.1) is 20.2 Å². The van der Waals surface area contributed by atoms with Gasteiger partial charge >= 0.3 is 6.09 Å². The number of carboxylic acid groups (broad SMARTS) is 1.